The third-order valence-electron chi connectivity index (χ3n) is 3.75. The van der Waals surface area contributed by atoms with Crippen molar-refractivity contribution in [3.8, 4) is 11.5 Å². The molecule has 0 N–H and O–H groups in total. The first kappa shape index (κ1) is 24.8. The van der Waals surface area contributed by atoms with Crippen LogP contribution in [0, 0.1) is 0 Å². The van der Waals surface area contributed by atoms with Gasteiger partial charge in [0.25, 0.3) is 0 Å². The summed E-state index contributed by atoms with van der Waals surface area (Å²) in [6.45, 7) is 0.379. The fourth-order valence-electron chi connectivity index (χ4n) is 1.82. The van der Waals surface area contributed by atoms with Crippen molar-refractivity contribution in [2.24, 2.45) is 0 Å². The van der Waals surface area contributed by atoms with Crippen molar-refractivity contribution >= 4 is 0 Å². The zero-order valence-corrected chi connectivity index (χ0v) is 16.4. The van der Waals surface area contributed by atoms with Crippen molar-refractivity contribution in [3.63, 3.8) is 0 Å². The lowest BCUT2D eigenvalue weighted by atomic mass is 10.3. The van der Waals surface area contributed by atoms with E-state index in [9.17, 15) is 26.3 Å². The van der Waals surface area contributed by atoms with E-state index in [-0.39, 0.29) is 0 Å². The number of alkyl halides is 6. The Morgan fingerprint density at radius 1 is 0.710 bits per heavy atom. The minimum atomic E-state index is -5.76. The summed E-state index contributed by atoms with van der Waals surface area (Å²) in [5, 5.41) is 0. The molecule has 0 amide bonds. The first-order valence-electron chi connectivity index (χ1n) is 9.30. The van der Waals surface area contributed by atoms with Crippen molar-refractivity contribution in [2.45, 2.75) is 24.3 Å². The molecule has 0 aliphatic carbocycles. The minimum Gasteiger partial charge on any atom is -0.491 e. The molecule has 2 atom stereocenters. The Hall–Kier alpha value is -2.46. The molecular weight excluding hydrogens is 430 g/mol. The maximum Gasteiger partial charge on any atom is 0.456 e. The Kier molecular flexibility index (Phi) is 9.44. The molecular formula is C21H22F6O4. The molecule has 172 valence electrons. The predicted octanol–water partition coefficient (Wildman–Crippen LogP) is 5.08. The molecule has 31 heavy (non-hydrogen) atoms. The summed E-state index contributed by atoms with van der Waals surface area (Å²) in [5.41, 5.74) is 0. The second-order valence-corrected chi connectivity index (χ2v) is 6.49. The Balaban J connectivity index is 0.000000167. The van der Waals surface area contributed by atoms with Gasteiger partial charge in [0, 0.05) is 0 Å². The van der Waals surface area contributed by atoms with Crippen LogP contribution in [0.2, 0.25) is 0 Å². The van der Waals surface area contributed by atoms with E-state index in [1.807, 2.05) is 60.7 Å². The van der Waals surface area contributed by atoms with Gasteiger partial charge in [-0.15, -0.1) is 0 Å². The van der Waals surface area contributed by atoms with Crippen LogP contribution in [0.15, 0.2) is 60.7 Å². The summed E-state index contributed by atoms with van der Waals surface area (Å²) in [4.78, 5) is 0. The van der Waals surface area contributed by atoms with Gasteiger partial charge in [-0.05, 0) is 24.3 Å². The predicted molar refractivity (Wildman–Crippen MR) is 100 cm³/mol. The second-order valence-electron chi connectivity index (χ2n) is 6.49. The van der Waals surface area contributed by atoms with E-state index >= 15 is 0 Å². The van der Waals surface area contributed by atoms with Crippen LogP contribution >= 0.6 is 0 Å². The number of para-hydroxylation sites is 2. The zero-order valence-electron chi connectivity index (χ0n) is 16.4. The number of epoxide rings is 2. The number of hydrogen-bond donors (Lipinski definition) is 0. The molecule has 10 heteroatoms. The Morgan fingerprint density at radius 3 is 1.29 bits per heavy atom. The van der Waals surface area contributed by atoms with E-state index in [1.54, 1.807) is 0 Å². The van der Waals surface area contributed by atoms with Crippen molar-refractivity contribution in [3.05, 3.63) is 60.7 Å². The smallest absolute Gasteiger partial charge is 0.456 e. The van der Waals surface area contributed by atoms with Gasteiger partial charge in [0.2, 0.25) is 0 Å². The van der Waals surface area contributed by atoms with Crippen molar-refractivity contribution in [2.75, 3.05) is 33.1 Å². The fraction of sp³-hybridized carbons (Fsp3) is 0.429. The van der Waals surface area contributed by atoms with Gasteiger partial charge >= 0.3 is 12.1 Å². The molecule has 0 aromatic heterocycles. The standard InChI is InChI=1S/2C9H10O2.C3H2F6/c2*1-2-4-8(5-3-1)10-6-9-7-11-9;4-1-2(5,6)3(7,8)9/h2*1-5,9H,6-7H2;1H2. The monoisotopic (exact) mass is 452 g/mol. The molecule has 2 aliphatic heterocycles. The summed E-state index contributed by atoms with van der Waals surface area (Å²) < 4.78 is 86.5. The van der Waals surface area contributed by atoms with Crippen LogP contribution in [0.5, 0.6) is 11.5 Å². The highest BCUT2D eigenvalue weighted by Gasteiger charge is 2.57. The van der Waals surface area contributed by atoms with E-state index in [4.69, 9.17) is 18.9 Å². The highest BCUT2D eigenvalue weighted by Crippen LogP contribution is 2.35. The maximum atomic E-state index is 11.2. The minimum absolute atomic E-state index is 0.343. The van der Waals surface area contributed by atoms with Crippen LogP contribution in [0.1, 0.15) is 0 Å². The highest BCUT2D eigenvalue weighted by atomic mass is 19.4. The zero-order chi connectivity index (χ0) is 22.7. The van der Waals surface area contributed by atoms with E-state index in [1.165, 1.54) is 0 Å². The van der Waals surface area contributed by atoms with Gasteiger partial charge in [0.1, 0.15) is 36.9 Å². The first-order chi connectivity index (χ1) is 14.7. The molecule has 2 unspecified atom stereocenters. The molecule has 2 aromatic carbocycles. The van der Waals surface area contributed by atoms with Gasteiger partial charge in [-0.1, -0.05) is 36.4 Å². The second kappa shape index (κ2) is 11.8. The summed E-state index contributed by atoms with van der Waals surface area (Å²) in [7, 11) is 0. The third-order valence-corrected chi connectivity index (χ3v) is 3.75. The van der Waals surface area contributed by atoms with Crippen molar-refractivity contribution < 1.29 is 45.3 Å². The van der Waals surface area contributed by atoms with E-state index < -0.39 is 18.8 Å². The summed E-state index contributed by atoms with van der Waals surface area (Å²) in [6.07, 6.45) is -5.08. The van der Waals surface area contributed by atoms with E-state index in [0.717, 1.165) is 24.7 Å². The molecule has 4 rings (SSSR count). The lowest BCUT2D eigenvalue weighted by Crippen LogP contribution is -2.38. The molecule has 2 aliphatic rings. The van der Waals surface area contributed by atoms with Crippen LogP contribution in [-0.4, -0.2) is 57.4 Å². The van der Waals surface area contributed by atoms with Crippen molar-refractivity contribution in [1.82, 2.24) is 0 Å². The van der Waals surface area contributed by atoms with Gasteiger partial charge in [0.15, 0.2) is 6.67 Å². The van der Waals surface area contributed by atoms with Crippen LogP contribution < -0.4 is 9.47 Å². The molecule has 2 fully saturated rings. The maximum absolute atomic E-state index is 11.2. The molecule has 4 nitrogen and oxygen atoms in total. The van der Waals surface area contributed by atoms with Gasteiger partial charge in [-0.3, -0.25) is 0 Å². The summed E-state index contributed by atoms with van der Waals surface area (Å²) in [5.74, 6) is -3.35. The molecule has 0 radical (unpaired) electrons. The van der Waals surface area contributed by atoms with Gasteiger partial charge in [-0.2, -0.15) is 22.0 Å². The third kappa shape index (κ3) is 10.4. The molecule has 2 heterocycles. The topological polar surface area (TPSA) is 43.5 Å². The lowest BCUT2D eigenvalue weighted by Gasteiger charge is -2.14. The Morgan fingerprint density at radius 2 is 1.06 bits per heavy atom. The van der Waals surface area contributed by atoms with Crippen molar-refractivity contribution in [1.29, 1.82) is 0 Å². The van der Waals surface area contributed by atoms with Crippen LogP contribution in [-0.2, 0) is 9.47 Å². The average molecular weight is 452 g/mol. The molecule has 2 saturated heterocycles. The number of hydrogen-bond acceptors (Lipinski definition) is 4. The normalized spacial score (nSPS) is 19.2. The number of rotatable bonds is 7. The summed E-state index contributed by atoms with van der Waals surface area (Å²) >= 11 is 0. The number of halogens is 6. The van der Waals surface area contributed by atoms with Crippen LogP contribution in [0.3, 0.4) is 0 Å². The molecule has 0 saturated carbocycles. The SMILES string of the molecule is FCC(F)(F)C(F)(F)F.c1ccc(OCC2CO2)cc1.c1ccc(OCC2CO2)cc1. The van der Waals surface area contributed by atoms with Gasteiger partial charge in [-0.25, -0.2) is 4.39 Å². The lowest BCUT2D eigenvalue weighted by molar-refractivity contribution is -0.286. The fourth-order valence-corrected chi connectivity index (χ4v) is 1.82. The molecule has 0 spiro atoms. The largest absolute Gasteiger partial charge is 0.491 e. The number of benzene rings is 2. The average Bonchev–Trinajstić information content (AvgIpc) is 3.68. The van der Waals surface area contributed by atoms with Crippen LogP contribution in [0.25, 0.3) is 0 Å². The van der Waals surface area contributed by atoms with Gasteiger partial charge < -0.3 is 18.9 Å². The molecule has 2 aromatic rings. The molecule has 0 bridgehead atoms. The first-order valence-corrected chi connectivity index (χ1v) is 9.30. The van der Waals surface area contributed by atoms with E-state index in [0.29, 0.717) is 25.4 Å². The van der Waals surface area contributed by atoms with Gasteiger partial charge in [0.05, 0.1) is 13.2 Å². The van der Waals surface area contributed by atoms with Crippen LogP contribution in [0.4, 0.5) is 26.3 Å². The highest BCUT2D eigenvalue weighted by molar-refractivity contribution is 5.21. The summed E-state index contributed by atoms with van der Waals surface area (Å²) in [6, 6.07) is 19.6. The Labute approximate surface area is 175 Å². The van der Waals surface area contributed by atoms with E-state index in [2.05, 4.69) is 0 Å². The Bertz CT molecular complexity index is 683. The number of ether oxygens (including phenoxy) is 4. The quantitative estimate of drug-likeness (QED) is 0.434.